The molecule has 0 aromatic heterocycles. The molecule has 0 heterocycles. The molecule has 1 aliphatic carbocycles. The summed E-state index contributed by atoms with van der Waals surface area (Å²) in [5, 5.41) is 0. The van der Waals surface area contributed by atoms with Crippen LogP contribution in [0.3, 0.4) is 0 Å². The Morgan fingerprint density at radius 3 is 2.23 bits per heavy atom. The van der Waals surface area contributed by atoms with Crippen LogP contribution in [0.25, 0.3) is 0 Å². The van der Waals surface area contributed by atoms with Crippen LogP contribution in [0.4, 0.5) is 0 Å². The van der Waals surface area contributed by atoms with Crippen molar-refractivity contribution < 1.29 is 13.5 Å². The van der Waals surface area contributed by atoms with Crippen molar-refractivity contribution in [2.45, 2.75) is 51.2 Å². The topological polar surface area (TPSA) is 49.4 Å². The van der Waals surface area contributed by atoms with Crippen molar-refractivity contribution in [1.29, 1.82) is 0 Å². The Morgan fingerprint density at radius 2 is 2.00 bits per heavy atom. The number of hydrogen-bond acceptors (Lipinski definition) is 3. The molecule has 1 atom stereocenters. The smallest absolute Gasteiger partial charge is 0.0793 e. The summed E-state index contributed by atoms with van der Waals surface area (Å²) in [5.41, 5.74) is -0.634. The van der Waals surface area contributed by atoms with Gasteiger partial charge in [-0.2, -0.15) is 0 Å². The van der Waals surface area contributed by atoms with E-state index in [4.69, 9.17) is 4.74 Å². The standard InChI is InChI=1S/C9H18O3S/c1-8(2,3)12-9(5-4-6-9)7-13(10)11/h4-7H2,1-3H3,(H,10,11)/p-1. The lowest BCUT2D eigenvalue weighted by molar-refractivity contribution is -0.157. The first kappa shape index (κ1) is 11.1. The Bertz CT molecular complexity index is 203. The predicted molar refractivity (Wildman–Crippen MR) is 51.2 cm³/mol. The molecule has 1 saturated carbocycles. The first-order valence-electron chi connectivity index (χ1n) is 4.59. The highest BCUT2D eigenvalue weighted by Crippen LogP contribution is 2.39. The van der Waals surface area contributed by atoms with Crippen molar-refractivity contribution in [2.24, 2.45) is 0 Å². The van der Waals surface area contributed by atoms with Gasteiger partial charge in [0.15, 0.2) is 0 Å². The van der Waals surface area contributed by atoms with Crippen molar-refractivity contribution in [1.82, 2.24) is 0 Å². The molecule has 0 spiro atoms. The Balaban J connectivity index is 2.55. The van der Waals surface area contributed by atoms with Crippen LogP contribution in [0.15, 0.2) is 0 Å². The van der Waals surface area contributed by atoms with Gasteiger partial charge in [0.25, 0.3) is 0 Å². The van der Waals surface area contributed by atoms with Crippen LogP contribution in [0.5, 0.6) is 0 Å². The molecule has 0 radical (unpaired) electrons. The van der Waals surface area contributed by atoms with Crippen LogP contribution in [0, 0.1) is 0 Å². The van der Waals surface area contributed by atoms with Crippen molar-refractivity contribution in [2.75, 3.05) is 5.75 Å². The minimum absolute atomic E-state index is 0.143. The van der Waals surface area contributed by atoms with Gasteiger partial charge in [0.1, 0.15) is 0 Å². The largest absolute Gasteiger partial charge is 0.772 e. The summed E-state index contributed by atoms with van der Waals surface area (Å²) in [6.07, 6.45) is 2.82. The van der Waals surface area contributed by atoms with Gasteiger partial charge in [-0.25, -0.2) is 0 Å². The average molecular weight is 205 g/mol. The molecule has 0 saturated heterocycles. The maximum atomic E-state index is 10.6. The first-order chi connectivity index (χ1) is 5.83. The number of rotatable bonds is 3. The van der Waals surface area contributed by atoms with Gasteiger partial charge in [0, 0.05) is 5.75 Å². The summed E-state index contributed by atoms with van der Waals surface area (Å²) < 4.78 is 27.0. The SMILES string of the molecule is CC(C)(C)OC1(CS(=O)[O-])CCC1. The molecule has 1 rings (SSSR count). The highest BCUT2D eigenvalue weighted by Gasteiger charge is 2.41. The van der Waals surface area contributed by atoms with Crippen LogP contribution < -0.4 is 0 Å². The molecule has 0 N–H and O–H groups in total. The van der Waals surface area contributed by atoms with Gasteiger partial charge in [-0.15, -0.1) is 0 Å². The molecule has 0 bridgehead atoms. The van der Waals surface area contributed by atoms with E-state index in [0.29, 0.717) is 0 Å². The third-order valence-corrected chi connectivity index (χ3v) is 2.93. The zero-order chi connectivity index (χ0) is 10.1. The Hall–Kier alpha value is 0.0700. The van der Waals surface area contributed by atoms with E-state index >= 15 is 0 Å². The fourth-order valence-corrected chi connectivity index (χ4v) is 2.49. The maximum Gasteiger partial charge on any atom is 0.0793 e. The third kappa shape index (κ3) is 3.37. The fraction of sp³-hybridized carbons (Fsp3) is 1.00. The minimum Gasteiger partial charge on any atom is -0.772 e. The first-order valence-corrected chi connectivity index (χ1v) is 5.83. The summed E-state index contributed by atoms with van der Waals surface area (Å²) in [5.74, 6) is 0.143. The van der Waals surface area contributed by atoms with Crippen LogP contribution in [-0.2, 0) is 15.8 Å². The monoisotopic (exact) mass is 205 g/mol. The van der Waals surface area contributed by atoms with E-state index in [9.17, 15) is 8.76 Å². The quantitative estimate of drug-likeness (QED) is 0.658. The lowest BCUT2D eigenvalue weighted by atomic mass is 9.81. The van der Waals surface area contributed by atoms with Gasteiger partial charge in [0.2, 0.25) is 0 Å². The van der Waals surface area contributed by atoms with Crippen molar-refractivity contribution in [3.8, 4) is 0 Å². The summed E-state index contributed by atoms with van der Waals surface area (Å²) >= 11 is -1.99. The molecule has 4 heteroatoms. The van der Waals surface area contributed by atoms with E-state index in [2.05, 4.69) is 0 Å². The molecular formula is C9H17O3S-. The second kappa shape index (κ2) is 3.67. The molecule has 1 fully saturated rings. The molecule has 1 aliphatic rings. The minimum atomic E-state index is -1.99. The zero-order valence-corrected chi connectivity index (χ0v) is 9.28. The lowest BCUT2D eigenvalue weighted by Crippen LogP contribution is -2.49. The summed E-state index contributed by atoms with van der Waals surface area (Å²) in [6, 6.07) is 0. The van der Waals surface area contributed by atoms with E-state index in [1.165, 1.54) is 0 Å². The molecule has 0 aliphatic heterocycles. The molecule has 0 aromatic carbocycles. The summed E-state index contributed by atoms with van der Waals surface area (Å²) in [6.45, 7) is 5.88. The summed E-state index contributed by atoms with van der Waals surface area (Å²) in [7, 11) is 0. The summed E-state index contributed by atoms with van der Waals surface area (Å²) in [4.78, 5) is 0. The molecule has 3 nitrogen and oxygen atoms in total. The molecular weight excluding hydrogens is 188 g/mol. The highest BCUT2D eigenvalue weighted by atomic mass is 32.2. The second-order valence-corrected chi connectivity index (χ2v) is 5.60. The van der Waals surface area contributed by atoms with Gasteiger partial charge in [-0.3, -0.25) is 4.21 Å². The van der Waals surface area contributed by atoms with Crippen molar-refractivity contribution in [3.63, 3.8) is 0 Å². The lowest BCUT2D eigenvalue weighted by Gasteiger charge is -2.46. The van der Waals surface area contributed by atoms with Crippen LogP contribution >= 0.6 is 0 Å². The van der Waals surface area contributed by atoms with E-state index in [0.717, 1.165) is 19.3 Å². The second-order valence-electron chi connectivity index (χ2n) is 4.70. The molecule has 0 amide bonds. The van der Waals surface area contributed by atoms with Crippen molar-refractivity contribution in [3.05, 3.63) is 0 Å². The molecule has 1 unspecified atom stereocenters. The Kier molecular flexibility index (Phi) is 3.15. The average Bonchev–Trinajstić information content (AvgIpc) is 1.78. The van der Waals surface area contributed by atoms with Gasteiger partial charge in [-0.05, 0) is 40.0 Å². The predicted octanol–water partition coefficient (Wildman–Crippen LogP) is 1.60. The highest BCUT2D eigenvalue weighted by molar-refractivity contribution is 7.79. The van der Waals surface area contributed by atoms with E-state index in [1.54, 1.807) is 0 Å². The Labute approximate surface area is 82.1 Å². The van der Waals surface area contributed by atoms with Crippen LogP contribution in [0.1, 0.15) is 40.0 Å². The maximum absolute atomic E-state index is 10.6. The van der Waals surface area contributed by atoms with Gasteiger partial charge in [-0.1, -0.05) is 11.1 Å². The van der Waals surface area contributed by atoms with Gasteiger partial charge >= 0.3 is 0 Å². The Morgan fingerprint density at radius 1 is 1.46 bits per heavy atom. The molecule has 13 heavy (non-hydrogen) atoms. The number of ether oxygens (including phenoxy) is 1. The van der Waals surface area contributed by atoms with Crippen LogP contribution in [-0.4, -0.2) is 25.7 Å². The normalized spacial score (nSPS) is 23.7. The zero-order valence-electron chi connectivity index (χ0n) is 8.46. The number of hydrogen-bond donors (Lipinski definition) is 0. The molecule has 0 aromatic rings. The van der Waals surface area contributed by atoms with E-state index in [1.807, 2.05) is 20.8 Å². The van der Waals surface area contributed by atoms with E-state index < -0.39 is 11.1 Å². The fourth-order valence-electron chi connectivity index (χ4n) is 1.71. The van der Waals surface area contributed by atoms with Crippen molar-refractivity contribution >= 4 is 11.1 Å². The molecule has 78 valence electrons. The van der Waals surface area contributed by atoms with Gasteiger partial charge < -0.3 is 9.29 Å². The van der Waals surface area contributed by atoms with E-state index in [-0.39, 0.29) is 17.0 Å². The third-order valence-electron chi connectivity index (χ3n) is 2.17. The van der Waals surface area contributed by atoms with Gasteiger partial charge in [0.05, 0.1) is 11.2 Å². The van der Waals surface area contributed by atoms with Crippen LogP contribution in [0.2, 0.25) is 0 Å².